The molecule has 0 spiro atoms. The molecule has 0 saturated carbocycles. The number of ether oxygens (including phenoxy) is 1. The number of carboxylic acids is 1. The maximum Gasteiger partial charge on any atom is 0.335 e. The Bertz CT molecular complexity index is 1420. The number of anilines is 2. The molecule has 1 aromatic heterocycles. The number of para-hydroxylation sites is 1. The number of urea groups is 1. The zero-order chi connectivity index (χ0) is 30.6. The average Bonchev–Trinajstić information content (AvgIpc) is 3.27. The van der Waals surface area contributed by atoms with Crippen LogP contribution in [0, 0.1) is 19.8 Å². The van der Waals surface area contributed by atoms with E-state index < -0.39 is 24.1 Å². The highest BCUT2D eigenvalue weighted by atomic mass is 16.5. The molecule has 0 bridgehead atoms. The number of aromatic carboxylic acids is 1. The number of carbonyl (C=O) groups excluding carboxylic acids is 2. The first-order valence-corrected chi connectivity index (χ1v) is 13.7. The van der Waals surface area contributed by atoms with Gasteiger partial charge in [-0.1, -0.05) is 30.3 Å². The van der Waals surface area contributed by atoms with Gasteiger partial charge in [-0.3, -0.25) is 9.69 Å². The summed E-state index contributed by atoms with van der Waals surface area (Å²) in [7, 11) is 1.93. The summed E-state index contributed by atoms with van der Waals surface area (Å²) < 4.78 is 11.7. The lowest BCUT2D eigenvalue weighted by Crippen LogP contribution is -2.49. The fourth-order valence-electron chi connectivity index (χ4n) is 4.92. The van der Waals surface area contributed by atoms with Crippen LogP contribution in [0.15, 0.2) is 47.0 Å². The zero-order valence-corrected chi connectivity index (χ0v) is 24.4. The minimum absolute atomic E-state index is 0.142. The summed E-state index contributed by atoms with van der Waals surface area (Å²) in [6, 6.07) is 10.7. The maximum absolute atomic E-state index is 13.7. The van der Waals surface area contributed by atoms with Crippen LogP contribution in [-0.4, -0.2) is 82.0 Å². The quantitative estimate of drug-likeness (QED) is 0.294. The van der Waals surface area contributed by atoms with Gasteiger partial charge in [0.2, 0.25) is 0 Å². The van der Waals surface area contributed by atoms with Gasteiger partial charge >= 0.3 is 12.0 Å². The summed E-state index contributed by atoms with van der Waals surface area (Å²) in [5.74, 6) is -0.732. The monoisotopic (exact) mass is 579 g/mol. The highest BCUT2D eigenvalue weighted by Crippen LogP contribution is 2.35. The molecule has 0 radical (unpaired) electrons. The Morgan fingerprint density at radius 1 is 1.17 bits per heavy atom. The van der Waals surface area contributed by atoms with Gasteiger partial charge in [-0.25, -0.2) is 9.59 Å². The highest BCUT2D eigenvalue weighted by molar-refractivity contribution is 6.04. The van der Waals surface area contributed by atoms with Crippen molar-refractivity contribution >= 4 is 29.3 Å². The van der Waals surface area contributed by atoms with E-state index in [2.05, 4.69) is 20.7 Å². The number of aromatic nitrogens is 1. The fourth-order valence-corrected chi connectivity index (χ4v) is 4.92. The van der Waals surface area contributed by atoms with Gasteiger partial charge in [0.1, 0.15) is 17.5 Å². The number of likely N-dealkylation sites (N-methyl/N-ethyl adjacent to an activating group) is 1. The molecule has 0 aliphatic carbocycles. The topological polar surface area (TPSA) is 157 Å². The van der Waals surface area contributed by atoms with Crippen molar-refractivity contribution in [3.05, 3.63) is 70.6 Å². The number of nitrogens with one attached hydrogen (secondary N) is 2. The second-order valence-electron chi connectivity index (χ2n) is 10.8. The number of carboxylic acid groups (broad SMARTS) is 1. The lowest BCUT2D eigenvalue weighted by atomic mass is 9.98. The number of amides is 3. The maximum atomic E-state index is 13.7. The van der Waals surface area contributed by atoms with Crippen molar-refractivity contribution in [2.45, 2.75) is 46.4 Å². The molecule has 0 saturated heterocycles. The molecule has 0 unspecified atom stereocenters. The zero-order valence-electron chi connectivity index (χ0n) is 24.4. The molecule has 4 rings (SSSR count). The number of carbonyl (C=O) groups is 3. The van der Waals surface area contributed by atoms with E-state index in [-0.39, 0.29) is 35.3 Å². The van der Waals surface area contributed by atoms with E-state index in [1.807, 2.05) is 14.0 Å². The predicted octanol–water partition coefficient (Wildman–Crippen LogP) is 3.99. The third kappa shape index (κ3) is 6.89. The number of hydrogen-bond acceptors (Lipinski definition) is 8. The van der Waals surface area contributed by atoms with Gasteiger partial charge in [-0.15, -0.1) is 0 Å². The summed E-state index contributed by atoms with van der Waals surface area (Å²) in [6.07, 6.45) is -0.401. The summed E-state index contributed by atoms with van der Waals surface area (Å²) in [5.41, 5.74) is 2.72. The largest absolute Gasteiger partial charge is 0.486 e. The summed E-state index contributed by atoms with van der Waals surface area (Å²) in [4.78, 5) is 41.6. The minimum atomic E-state index is -0.980. The van der Waals surface area contributed by atoms with Crippen molar-refractivity contribution < 1.29 is 33.9 Å². The van der Waals surface area contributed by atoms with Crippen molar-refractivity contribution in [1.82, 2.24) is 15.0 Å². The van der Waals surface area contributed by atoms with E-state index in [9.17, 15) is 24.6 Å². The number of fused-ring (bicyclic) bond motifs is 1. The lowest BCUT2D eigenvalue weighted by Gasteiger charge is -2.38. The van der Waals surface area contributed by atoms with Gasteiger partial charge in [0.15, 0.2) is 11.5 Å². The van der Waals surface area contributed by atoms with Crippen LogP contribution in [0.2, 0.25) is 0 Å². The third-order valence-corrected chi connectivity index (χ3v) is 7.36. The average molecular weight is 580 g/mol. The number of aliphatic hydroxyl groups is 1. The number of hydrogen-bond donors (Lipinski definition) is 4. The van der Waals surface area contributed by atoms with Crippen molar-refractivity contribution in [3.63, 3.8) is 0 Å². The molecule has 12 nitrogen and oxygen atoms in total. The Kier molecular flexibility index (Phi) is 9.48. The molecular formula is C30H37N5O7. The van der Waals surface area contributed by atoms with Crippen molar-refractivity contribution in [2.75, 3.05) is 37.4 Å². The molecule has 42 heavy (non-hydrogen) atoms. The smallest absolute Gasteiger partial charge is 0.335 e. The van der Waals surface area contributed by atoms with E-state index in [0.717, 1.165) is 5.56 Å². The molecule has 2 heterocycles. The van der Waals surface area contributed by atoms with E-state index in [1.165, 1.54) is 0 Å². The van der Waals surface area contributed by atoms with Crippen LogP contribution in [0.3, 0.4) is 0 Å². The molecule has 0 fully saturated rings. The van der Waals surface area contributed by atoms with Crippen molar-refractivity contribution in [3.8, 4) is 5.75 Å². The van der Waals surface area contributed by atoms with Crippen LogP contribution in [0.5, 0.6) is 5.75 Å². The summed E-state index contributed by atoms with van der Waals surface area (Å²) in [6.45, 7) is 8.33. The van der Waals surface area contributed by atoms with Gasteiger partial charge in [0, 0.05) is 25.6 Å². The van der Waals surface area contributed by atoms with Gasteiger partial charge in [-0.05, 0) is 57.6 Å². The third-order valence-electron chi connectivity index (χ3n) is 7.36. The Morgan fingerprint density at radius 2 is 1.88 bits per heavy atom. The Balaban J connectivity index is 1.62. The van der Waals surface area contributed by atoms with E-state index in [0.29, 0.717) is 42.5 Å². The minimum Gasteiger partial charge on any atom is -0.486 e. The summed E-state index contributed by atoms with van der Waals surface area (Å²) >= 11 is 0. The predicted molar refractivity (Wildman–Crippen MR) is 156 cm³/mol. The molecule has 12 heteroatoms. The SMILES string of the molecule is Cc1noc(C)c1NC(=O)Nc1cccc2c1O[C@H](CN(C)Cc1ccc(C(=O)O)cc1)[C@H](C)CN([C@@H](C)CO)C2=O. The van der Waals surface area contributed by atoms with Crippen molar-refractivity contribution in [2.24, 2.45) is 5.92 Å². The number of aryl methyl sites for hydroxylation is 2. The molecule has 3 atom stereocenters. The molecular weight excluding hydrogens is 542 g/mol. The van der Waals surface area contributed by atoms with E-state index in [4.69, 9.17) is 9.26 Å². The van der Waals surface area contributed by atoms with Crippen LogP contribution in [0.25, 0.3) is 0 Å². The highest BCUT2D eigenvalue weighted by Gasteiger charge is 2.34. The molecule has 3 aromatic rings. The first-order valence-electron chi connectivity index (χ1n) is 13.7. The first kappa shape index (κ1) is 30.5. The van der Waals surface area contributed by atoms with Gasteiger partial charge < -0.3 is 35.0 Å². The van der Waals surface area contributed by atoms with Gasteiger partial charge in [0.25, 0.3) is 5.91 Å². The second-order valence-corrected chi connectivity index (χ2v) is 10.8. The first-order chi connectivity index (χ1) is 20.0. The second kappa shape index (κ2) is 13.0. The number of rotatable bonds is 9. The van der Waals surface area contributed by atoms with Gasteiger partial charge in [-0.2, -0.15) is 0 Å². The molecule has 4 N–H and O–H groups in total. The van der Waals surface area contributed by atoms with Crippen molar-refractivity contribution in [1.29, 1.82) is 0 Å². The van der Waals surface area contributed by atoms with Crippen LogP contribution in [0.1, 0.15) is 51.6 Å². The van der Waals surface area contributed by atoms with Crippen LogP contribution < -0.4 is 15.4 Å². The Morgan fingerprint density at radius 3 is 2.50 bits per heavy atom. The number of nitrogens with zero attached hydrogens (tertiary/aromatic N) is 3. The van der Waals surface area contributed by atoms with E-state index in [1.54, 1.807) is 68.1 Å². The molecule has 1 aliphatic rings. The molecule has 1 aliphatic heterocycles. The molecule has 224 valence electrons. The van der Waals surface area contributed by atoms with Gasteiger partial charge in [0.05, 0.1) is 29.5 Å². The van der Waals surface area contributed by atoms with Crippen LogP contribution in [0.4, 0.5) is 16.2 Å². The number of aliphatic hydroxyl groups excluding tert-OH is 1. The Hall–Kier alpha value is -4.42. The molecule has 2 aromatic carbocycles. The summed E-state index contributed by atoms with van der Waals surface area (Å²) in [5, 5.41) is 28.5. The standard InChI is InChI=1S/C30H37N5O7/c1-17-13-35(18(2)16-36)28(37)23-7-6-8-24(31-30(40)32-26-19(3)33-42-20(26)4)27(23)41-25(17)15-34(5)14-21-9-11-22(12-10-21)29(38)39/h6-12,17-18,25,36H,13-16H2,1-5H3,(H,38,39)(H2,31,32,40)/t17-,18+,25-/m1/s1. The molecule has 3 amide bonds. The fraction of sp³-hybridized carbons (Fsp3) is 0.400. The normalized spacial score (nSPS) is 17.6. The Labute approximate surface area is 244 Å². The van der Waals surface area contributed by atoms with Crippen LogP contribution >= 0.6 is 0 Å². The lowest BCUT2D eigenvalue weighted by molar-refractivity contribution is 0.0343. The van der Waals surface area contributed by atoms with E-state index >= 15 is 0 Å². The number of benzene rings is 2. The van der Waals surface area contributed by atoms with Crippen LogP contribution in [-0.2, 0) is 6.54 Å².